The second-order valence-corrected chi connectivity index (χ2v) is 8.46. The Kier molecular flexibility index (Phi) is 4.64. The monoisotopic (exact) mass is 407 g/mol. The molecule has 156 valence electrons. The van der Waals surface area contributed by atoms with Crippen molar-refractivity contribution in [3.8, 4) is 0 Å². The van der Waals surface area contributed by atoms with Crippen molar-refractivity contribution in [3.05, 3.63) is 46.5 Å². The fourth-order valence-corrected chi connectivity index (χ4v) is 4.86. The quantitative estimate of drug-likeness (QED) is 0.713. The van der Waals surface area contributed by atoms with Crippen molar-refractivity contribution in [2.75, 3.05) is 20.1 Å². The van der Waals surface area contributed by atoms with Gasteiger partial charge in [0.05, 0.1) is 11.1 Å². The average molecular weight is 407 g/mol. The van der Waals surface area contributed by atoms with E-state index in [9.17, 15) is 14.4 Å². The van der Waals surface area contributed by atoms with E-state index in [1.54, 1.807) is 18.2 Å². The van der Waals surface area contributed by atoms with Gasteiger partial charge < -0.3 is 9.47 Å². The van der Waals surface area contributed by atoms with Crippen LogP contribution in [0.1, 0.15) is 80.7 Å². The van der Waals surface area contributed by atoms with Crippen molar-refractivity contribution in [1.82, 2.24) is 24.6 Å². The number of nitrogens with zero attached hydrogens (tertiary/aromatic N) is 5. The molecule has 30 heavy (non-hydrogen) atoms. The topological polar surface area (TPSA) is 88.4 Å². The summed E-state index contributed by atoms with van der Waals surface area (Å²) in [5, 5.41) is 8.91. The van der Waals surface area contributed by atoms with E-state index in [1.807, 2.05) is 4.90 Å². The molecule has 0 N–H and O–H groups in total. The lowest BCUT2D eigenvalue weighted by molar-refractivity contribution is 0.0689. The van der Waals surface area contributed by atoms with Crippen LogP contribution in [0.4, 0.5) is 0 Å². The number of amides is 3. The molecule has 0 spiro atoms. The zero-order valence-corrected chi connectivity index (χ0v) is 17.1. The lowest BCUT2D eigenvalue weighted by Gasteiger charge is -2.32. The first-order valence-corrected chi connectivity index (χ1v) is 10.7. The number of hydrogen-bond acceptors (Lipinski definition) is 5. The van der Waals surface area contributed by atoms with Crippen LogP contribution >= 0.6 is 0 Å². The van der Waals surface area contributed by atoms with Gasteiger partial charge in [-0.15, -0.1) is 10.2 Å². The van der Waals surface area contributed by atoms with Crippen molar-refractivity contribution < 1.29 is 14.4 Å². The molecule has 8 nitrogen and oxygen atoms in total. The van der Waals surface area contributed by atoms with Gasteiger partial charge in [-0.25, -0.2) is 0 Å². The molecule has 4 heterocycles. The summed E-state index contributed by atoms with van der Waals surface area (Å²) in [5.41, 5.74) is 1.12. The highest BCUT2D eigenvalue weighted by molar-refractivity contribution is 6.21. The number of fused-ring (bicyclic) bond motifs is 2. The third-order valence-corrected chi connectivity index (χ3v) is 6.55. The fourth-order valence-electron chi connectivity index (χ4n) is 4.86. The summed E-state index contributed by atoms with van der Waals surface area (Å²) in [6, 6.07) is 4.80. The van der Waals surface area contributed by atoms with Crippen molar-refractivity contribution in [2.45, 2.75) is 51.0 Å². The summed E-state index contributed by atoms with van der Waals surface area (Å²) in [7, 11) is 1.46. The van der Waals surface area contributed by atoms with Crippen molar-refractivity contribution in [2.24, 2.45) is 0 Å². The van der Waals surface area contributed by atoms with E-state index in [0.29, 0.717) is 29.8 Å². The highest BCUT2D eigenvalue weighted by atomic mass is 16.2. The molecular weight excluding hydrogens is 382 g/mol. The van der Waals surface area contributed by atoms with E-state index in [0.717, 1.165) is 55.2 Å². The Balaban J connectivity index is 1.37. The number of carbonyl (C=O) groups is 3. The Morgan fingerprint density at radius 1 is 1.00 bits per heavy atom. The Labute approximate surface area is 174 Å². The second kappa shape index (κ2) is 7.34. The minimum Gasteiger partial charge on any atom is -0.338 e. The Morgan fingerprint density at radius 2 is 1.83 bits per heavy atom. The number of carbonyl (C=O) groups excluding carboxylic acids is 3. The molecule has 3 amide bonds. The maximum absolute atomic E-state index is 13.2. The molecule has 1 aromatic carbocycles. The molecule has 1 saturated heterocycles. The van der Waals surface area contributed by atoms with Crippen LogP contribution in [0.3, 0.4) is 0 Å². The first kappa shape index (κ1) is 19.0. The van der Waals surface area contributed by atoms with Crippen molar-refractivity contribution in [3.63, 3.8) is 0 Å². The molecular formula is C22H25N5O3. The summed E-state index contributed by atoms with van der Waals surface area (Å²) in [5.74, 6) is 1.46. The van der Waals surface area contributed by atoms with Crippen LogP contribution in [0, 0.1) is 0 Å². The highest BCUT2D eigenvalue weighted by Crippen LogP contribution is 2.29. The van der Waals surface area contributed by atoms with Gasteiger partial charge in [-0.05, 0) is 43.9 Å². The first-order chi connectivity index (χ1) is 14.5. The second-order valence-electron chi connectivity index (χ2n) is 8.46. The average Bonchev–Trinajstić information content (AvgIpc) is 3.16. The van der Waals surface area contributed by atoms with E-state index >= 15 is 0 Å². The minimum atomic E-state index is -0.354. The van der Waals surface area contributed by atoms with Gasteiger partial charge in [-0.3, -0.25) is 19.3 Å². The molecule has 0 radical (unpaired) electrons. The number of aromatic nitrogens is 3. The number of benzene rings is 1. The van der Waals surface area contributed by atoms with Crippen LogP contribution in [-0.2, 0) is 13.0 Å². The van der Waals surface area contributed by atoms with E-state index < -0.39 is 0 Å². The molecule has 1 aromatic heterocycles. The Bertz CT molecular complexity index is 1040. The number of likely N-dealkylation sites (tertiary alicyclic amines) is 1. The van der Waals surface area contributed by atoms with E-state index in [4.69, 9.17) is 0 Å². The normalized spacial score (nSPS) is 21.4. The molecule has 1 fully saturated rings. The predicted octanol–water partition coefficient (Wildman–Crippen LogP) is 2.25. The zero-order chi connectivity index (χ0) is 20.8. The first-order valence-electron chi connectivity index (χ1n) is 10.7. The minimum absolute atomic E-state index is 0.104. The summed E-state index contributed by atoms with van der Waals surface area (Å²) in [4.78, 5) is 40.5. The molecule has 8 heteroatoms. The largest absolute Gasteiger partial charge is 0.338 e. The Morgan fingerprint density at radius 3 is 2.70 bits per heavy atom. The SMILES string of the molecule is CN1C(=O)c2ccc(C(=O)N3CCCC(c4nnc5n4CCCCC5)C3)cc2C1=O. The molecule has 3 aliphatic rings. The van der Waals surface area contributed by atoms with Gasteiger partial charge >= 0.3 is 0 Å². The number of aryl methyl sites for hydroxylation is 1. The van der Waals surface area contributed by atoms with E-state index in [-0.39, 0.29) is 23.6 Å². The van der Waals surface area contributed by atoms with Gasteiger partial charge in [-0.2, -0.15) is 0 Å². The summed E-state index contributed by atoms with van der Waals surface area (Å²) in [6.45, 7) is 2.23. The van der Waals surface area contributed by atoms with Gasteiger partial charge in [0.15, 0.2) is 0 Å². The van der Waals surface area contributed by atoms with Crippen LogP contribution in [0.15, 0.2) is 18.2 Å². The molecule has 1 atom stereocenters. The van der Waals surface area contributed by atoms with Gasteiger partial charge in [0.2, 0.25) is 0 Å². The molecule has 0 saturated carbocycles. The van der Waals surface area contributed by atoms with Crippen molar-refractivity contribution in [1.29, 1.82) is 0 Å². The molecule has 5 rings (SSSR count). The van der Waals surface area contributed by atoms with Gasteiger partial charge in [-0.1, -0.05) is 6.42 Å². The number of hydrogen-bond donors (Lipinski definition) is 0. The Hall–Kier alpha value is -3.03. The lowest BCUT2D eigenvalue weighted by atomic mass is 9.96. The van der Waals surface area contributed by atoms with Gasteiger partial charge in [0.1, 0.15) is 11.6 Å². The van der Waals surface area contributed by atoms with Crippen LogP contribution < -0.4 is 0 Å². The smallest absolute Gasteiger partial charge is 0.261 e. The number of piperidine rings is 1. The van der Waals surface area contributed by atoms with Crippen LogP contribution in [-0.4, -0.2) is 62.4 Å². The lowest BCUT2D eigenvalue weighted by Crippen LogP contribution is -2.40. The summed E-state index contributed by atoms with van der Waals surface area (Å²) < 4.78 is 2.27. The summed E-state index contributed by atoms with van der Waals surface area (Å²) >= 11 is 0. The van der Waals surface area contributed by atoms with Crippen LogP contribution in [0.25, 0.3) is 0 Å². The third-order valence-electron chi connectivity index (χ3n) is 6.55. The highest BCUT2D eigenvalue weighted by Gasteiger charge is 2.35. The maximum atomic E-state index is 13.2. The number of imide groups is 1. The standard InChI is InChI=1S/C22H25N5O3/c1-25-21(29)16-9-8-14(12-17(16)22(25)30)20(28)26-10-5-6-15(13-26)19-24-23-18-7-3-2-4-11-27(18)19/h8-9,12,15H,2-7,10-11,13H2,1H3. The molecule has 0 aliphatic carbocycles. The predicted molar refractivity (Wildman–Crippen MR) is 108 cm³/mol. The molecule has 3 aliphatic heterocycles. The van der Waals surface area contributed by atoms with Crippen LogP contribution in [0.2, 0.25) is 0 Å². The van der Waals surface area contributed by atoms with Gasteiger partial charge in [0, 0.05) is 44.6 Å². The van der Waals surface area contributed by atoms with E-state index in [1.165, 1.54) is 13.5 Å². The maximum Gasteiger partial charge on any atom is 0.261 e. The third kappa shape index (κ3) is 3.02. The number of rotatable bonds is 2. The zero-order valence-electron chi connectivity index (χ0n) is 17.1. The molecule has 2 aromatic rings. The van der Waals surface area contributed by atoms with Gasteiger partial charge in [0.25, 0.3) is 17.7 Å². The van der Waals surface area contributed by atoms with E-state index in [2.05, 4.69) is 14.8 Å². The van der Waals surface area contributed by atoms with Crippen molar-refractivity contribution >= 4 is 17.7 Å². The summed E-state index contributed by atoms with van der Waals surface area (Å²) in [6.07, 6.45) is 6.38. The fraction of sp³-hybridized carbons (Fsp3) is 0.500. The molecule has 0 bridgehead atoms. The molecule has 1 unspecified atom stereocenters. The van der Waals surface area contributed by atoms with Crippen LogP contribution in [0.5, 0.6) is 0 Å².